The summed E-state index contributed by atoms with van der Waals surface area (Å²) in [5.74, 6) is 1.31. The van der Waals surface area contributed by atoms with E-state index in [1.54, 1.807) is 7.11 Å². The van der Waals surface area contributed by atoms with E-state index in [0.717, 1.165) is 11.3 Å². The van der Waals surface area contributed by atoms with Crippen LogP contribution in [0.4, 0.5) is 0 Å². The van der Waals surface area contributed by atoms with Crippen LogP contribution in [0.25, 0.3) is 11.4 Å². The molecule has 0 saturated heterocycles. The molecular weight excluding hydrogens is 262 g/mol. The van der Waals surface area contributed by atoms with Crippen molar-refractivity contribution < 1.29 is 18.8 Å². The van der Waals surface area contributed by atoms with Gasteiger partial charge in [0.2, 0.25) is 17.6 Å². The summed E-state index contributed by atoms with van der Waals surface area (Å²) in [6, 6.07) is 7.28. The molecule has 1 aromatic carbocycles. The van der Waals surface area contributed by atoms with Crippen molar-refractivity contribution >= 4 is 5.91 Å². The average Bonchev–Trinajstić information content (AvgIpc) is 2.94. The Bertz CT molecular complexity index is 565. The van der Waals surface area contributed by atoms with E-state index < -0.39 is 0 Å². The number of nitrogens with one attached hydrogen (secondary N) is 1. The molecule has 0 aliphatic rings. The lowest BCUT2D eigenvalue weighted by Crippen LogP contribution is -2.26. The molecule has 7 heteroatoms. The highest BCUT2D eigenvalue weighted by molar-refractivity contribution is 5.77. The van der Waals surface area contributed by atoms with Crippen molar-refractivity contribution in [1.82, 2.24) is 15.5 Å². The van der Waals surface area contributed by atoms with Gasteiger partial charge in [-0.15, -0.1) is 0 Å². The zero-order chi connectivity index (χ0) is 14.4. The molecule has 0 aliphatic carbocycles. The van der Waals surface area contributed by atoms with E-state index in [9.17, 15) is 4.79 Å². The molecule has 0 unspecified atom stereocenters. The number of nitrogens with zero attached hydrogens (tertiary/aromatic N) is 2. The third kappa shape index (κ3) is 3.55. The van der Waals surface area contributed by atoms with Crippen molar-refractivity contribution in [2.24, 2.45) is 0 Å². The Hall–Kier alpha value is -2.41. The monoisotopic (exact) mass is 277 g/mol. The van der Waals surface area contributed by atoms with Crippen LogP contribution in [0.1, 0.15) is 5.89 Å². The molecule has 0 bridgehead atoms. The zero-order valence-electron chi connectivity index (χ0n) is 11.3. The summed E-state index contributed by atoms with van der Waals surface area (Å²) in [4.78, 5) is 15.4. The maximum atomic E-state index is 11.2. The number of carbonyl (C=O) groups excluding carboxylic acids is 1. The largest absolute Gasteiger partial charge is 0.497 e. The summed E-state index contributed by atoms with van der Waals surface area (Å²) >= 11 is 0. The van der Waals surface area contributed by atoms with Gasteiger partial charge in [-0.25, -0.2) is 0 Å². The molecule has 7 nitrogen and oxygen atoms in total. The van der Waals surface area contributed by atoms with Gasteiger partial charge in [0.1, 0.15) is 12.4 Å². The number of hydrogen-bond acceptors (Lipinski definition) is 6. The van der Waals surface area contributed by atoms with Crippen LogP contribution in [0.15, 0.2) is 28.8 Å². The minimum atomic E-state index is -0.239. The van der Waals surface area contributed by atoms with Gasteiger partial charge in [0.15, 0.2) is 0 Å². The van der Waals surface area contributed by atoms with Crippen molar-refractivity contribution in [2.45, 2.75) is 6.54 Å². The topological polar surface area (TPSA) is 86.5 Å². The van der Waals surface area contributed by atoms with E-state index in [1.165, 1.54) is 7.11 Å². The Morgan fingerprint density at radius 3 is 2.70 bits per heavy atom. The first-order chi connectivity index (χ1) is 9.72. The summed E-state index contributed by atoms with van der Waals surface area (Å²) in [6.45, 7) is 0.171. The number of methoxy groups -OCH3 is 2. The summed E-state index contributed by atoms with van der Waals surface area (Å²) in [7, 11) is 3.05. The molecule has 20 heavy (non-hydrogen) atoms. The number of carbonyl (C=O) groups is 1. The smallest absolute Gasteiger partial charge is 0.246 e. The summed E-state index contributed by atoms with van der Waals surface area (Å²) in [5, 5.41) is 6.46. The molecule has 1 aromatic heterocycles. The SMILES string of the molecule is COCC(=O)NCc1nc(-c2ccc(OC)cc2)no1. The highest BCUT2D eigenvalue weighted by Gasteiger charge is 2.09. The molecule has 1 amide bonds. The third-order valence-electron chi connectivity index (χ3n) is 2.53. The van der Waals surface area contributed by atoms with Crippen molar-refractivity contribution in [2.75, 3.05) is 20.8 Å². The molecule has 0 saturated carbocycles. The molecule has 2 rings (SSSR count). The van der Waals surface area contributed by atoms with Gasteiger partial charge < -0.3 is 19.3 Å². The standard InChI is InChI=1S/C13H15N3O4/c1-18-8-11(17)14-7-12-15-13(16-20-12)9-3-5-10(19-2)6-4-9/h3-6H,7-8H2,1-2H3,(H,14,17). The van der Waals surface area contributed by atoms with E-state index in [0.29, 0.717) is 11.7 Å². The first kappa shape index (κ1) is 14.0. The number of amides is 1. The maximum absolute atomic E-state index is 11.2. The Morgan fingerprint density at radius 2 is 2.05 bits per heavy atom. The highest BCUT2D eigenvalue weighted by Crippen LogP contribution is 2.19. The van der Waals surface area contributed by atoms with Gasteiger partial charge in [-0.05, 0) is 24.3 Å². The van der Waals surface area contributed by atoms with Crippen molar-refractivity contribution in [3.05, 3.63) is 30.2 Å². The number of rotatable bonds is 6. The zero-order valence-corrected chi connectivity index (χ0v) is 11.3. The number of aromatic nitrogens is 2. The van der Waals surface area contributed by atoms with Crippen molar-refractivity contribution in [3.63, 3.8) is 0 Å². The Labute approximate surface area is 115 Å². The van der Waals surface area contributed by atoms with Crippen molar-refractivity contribution in [1.29, 1.82) is 0 Å². The van der Waals surface area contributed by atoms with Crippen LogP contribution in [0.5, 0.6) is 5.75 Å². The number of benzene rings is 1. The van der Waals surface area contributed by atoms with Gasteiger partial charge >= 0.3 is 0 Å². The summed E-state index contributed by atoms with van der Waals surface area (Å²) in [5.41, 5.74) is 0.809. The summed E-state index contributed by atoms with van der Waals surface area (Å²) in [6.07, 6.45) is 0. The fourth-order valence-corrected chi connectivity index (χ4v) is 1.54. The molecule has 1 N–H and O–H groups in total. The predicted molar refractivity (Wildman–Crippen MR) is 70.0 cm³/mol. The lowest BCUT2D eigenvalue weighted by atomic mass is 10.2. The van der Waals surface area contributed by atoms with Crippen molar-refractivity contribution in [3.8, 4) is 17.1 Å². The fraction of sp³-hybridized carbons (Fsp3) is 0.308. The minimum Gasteiger partial charge on any atom is -0.497 e. The van der Waals surface area contributed by atoms with Gasteiger partial charge in [-0.2, -0.15) is 4.98 Å². The van der Waals surface area contributed by atoms with Gasteiger partial charge in [0, 0.05) is 12.7 Å². The summed E-state index contributed by atoms with van der Waals surface area (Å²) < 4.78 is 14.8. The molecule has 2 aromatic rings. The highest BCUT2D eigenvalue weighted by atomic mass is 16.5. The Morgan fingerprint density at radius 1 is 1.30 bits per heavy atom. The van der Waals surface area contributed by atoms with Crippen LogP contribution in [0.3, 0.4) is 0 Å². The maximum Gasteiger partial charge on any atom is 0.246 e. The van der Waals surface area contributed by atoms with E-state index in [4.69, 9.17) is 14.0 Å². The number of ether oxygens (including phenoxy) is 2. The lowest BCUT2D eigenvalue weighted by molar-refractivity contribution is -0.125. The molecular formula is C13H15N3O4. The first-order valence-corrected chi connectivity index (χ1v) is 5.95. The van der Waals surface area contributed by atoms with E-state index >= 15 is 0 Å². The number of hydrogen-bond donors (Lipinski definition) is 1. The molecule has 0 aliphatic heterocycles. The normalized spacial score (nSPS) is 10.3. The van der Waals surface area contributed by atoms with Crippen LogP contribution in [-0.2, 0) is 16.1 Å². The van der Waals surface area contributed by atoms with Crippen LogP contribution in [0, 0.1) is 0 Å². The quantitative estimate of drug-likeness (QED) is 0.848. The second kappa shape index (κ2) is 6.67. The lowest BCUT2D eigenvalue weighted by Gasteiger charge is -2.00. The average molecular weight is 277 g/mol. The molecule has 0 spiro atoms. The molecule has 0 atom stereocenters. The van der Waals surface area contributed by atoms with Gasteiger partial charge in [0.05, 0.1) is 13.7 Å². The second-order valence-corrected chi connectivity index (χ2v) is 3.95. The van der Waals surface area contributed by atoms with Gasteiger partial charge in [-0.3, -0.25) is 4.79 Å². The third-order valence-corrected chi connectivity index (χ3v) is 2.53. The van der Waals surface area contributed by atoms with Crippen LogP contribution < -0.4 is 10.1 Å². The Kier molecular flexibility index (Phi) is 4.67. The van der Waals surface area contributed by atoms with Crippen LogP contribution >= 0.6 is 0 Å². The van der Waals surface area contributed by atoms with Crippen LogP contribution in [-0.4, -0.2) is 36.9 Å². The molecule has 0 fully saturated rings. The molecule has 106 valence electrons. The second-order valence-electron chi connectivity index (χ2n) is 3.95. The van der Waals surface area contributed by atoms with Gasteiger partial charge in [0.25, 0.3) is 0 Å². The van der Waals surface area contributed by atoms with Gasteiger partial charge in [-0.1, -0.05) is 5.16 Å². The van der Waals surface area contributed by atoms with E-state index in [1.807, 2.05) is 24.3 Å². The Balaban J connectivity index is 1.99. The van der Waals surface area contributed by atoms with Crippen LogP contribution in [0.2, 0.25) is 0 Å². The van der Waals surface area contributed by atoms with E-state index in [2.05, 4.69) is 15.5 Å². The molecule has 1 heterocycles. The minimum absolute atomic E-state index is 0.000522. The van der Waals surface area contributed by atoms with E-state index in [-0.39, 0.29) is 19.1 Å². The molecule has 0 radical (unpaired) electrons. The predicted octanol–water partition coefficient (Wildman–Crippen LogP) is 1.01. The fourth-order valence-electron chi connectivity index (χ4n) is 1.54. The first-order valence-electron chi connectivity index (χ1n) is 5.95.